The van der Waals surface area contributed by atoms with Crippen LogP contribution in [0.2, 0.25) is 0 Å². The maximum atomic E-state index is 11.5. The second-order valence-electron chi connectivity index (χ2n) is 8.03. The SMILES string of the molecule is C1CCC(N2CCOCC2)CC1.CC.CCC(N)=O.O=c1[nH]cnc2sc3c(c12)CCC3. The number of primary amides is 1. The quantitative estimate of drug-likeness (QED) is 0.699. The van der Waals surface area contributed by atoms with Crippen molar-refractivity contribution in [3.8, 4) is 0 Å². The summed E-state index contributed by atoms with van der Waals surface area (Å²) in [5.74, 6) is -0.245. The number of ether oxygens (including phenoxy) is 1. The highest BCUT2D eigenvalue weighted by atomic mass is 32.1. The standard InChI is InChI=1S/C10H19NO.C9H8N2OS.C3H7NO.C2H6/c1-2-4-10(5-3-1)11-6-8-12-9-7-11;12-8-7-5-2-1-3-6(5)13-9(7)11-4-10-8;1-2-3(4)5;1-2/h10H,1-9H2;4H,1-3H2,(H,10,11,12);2H2,1H3,(H2,4,5);1-2H3. The van der Waals surface area contributed by atoms with Crippen LogP contribution in [-0.2, 0) is 22.4 Å². The molecular weight excluding hydrogens is 424 g/mol. The topological polar surface area (TPSA) is 101 Å². The molecule has 8 heteroatoms. The lowest BCUT2D eigenvalue weighted by Gasteiger charge is -2.36. The molecule has 2 fully saturated rings. The van der Waals surface area contributed by atoms with E-state index < -0.39 is 0 Å². The number of thiophene rings is 1. The van der Waals surface area contributed by atoms with Gasteiger partial charge in [0.1, 0.15) is 4.83 Å². The van der Waals surface area contributed by atoms with Gasteiger partial charge in [-0.15, -0.1) is 11.3 Å². The number of H-pyrrole nitrogens is 1. The van der Waals surface area contributed by atoms with Crippen molar-refractivity contribution in [3.05, 3.63) is 27.1 Å². The Kier molecular flexibility index (Phi) is 11.9. The summed E-state index contributed by atoms with van der Waals surface area (Å²) in [6, 6.07) is 0.891. The minimum Gasteiger partial charge on any atom is -0.379 e. The smallest absolute Gasteiger partial charge is 0.259 e. The van der Waals surface area contributed by atoms with Crippen molar-refractivity contribution < 1.29 is 9.53 Å². The molecule has 0 aromatic carbocycles. The number of hydrogen-bond donors (Lipinski definition) is 2. The predicted octanol–water partition coefficient (Wildman–Crippen LogP) is 4.03. The van der Waals surface area contributed by atoms with Crippen molar-refractivity contribution in [2.24, 2.45) is 5.73 Å². The van der Waals surface area contributed by atoms with Crippen molar-refractivity contribution >= 4 is 27.5 Å². The summed E-state index contributed by atoms with van der Waals surface area (Å²) < 4.78 is 5.35. The number of carbonyl (C=O) groups is 1. The summed E-state index contributed by atoms with van der Waals surface area (Å²) in [6.45, 7) is 9.98. The third kappa shape index (κ3) is 7.67. The van der Waals surface area contributed by atoms with Gasteiger partial charge in [-0.1, -0.05) is 40.0 Å². The number of morpholine rings is 1. The number of amides is 1. The number of aryl methyl sites for hydroxylation is 2. The van der Waals surface area contributed by atoms with Crippen LogP contribution in [0.15, 0.2) is 11.1 Å². The first-order valence-corrected chi connectivity index (χ1v) is 13.0. The van der Waals surface area contributed by atoms with Crippen molar-refractivity contribution in [3.63, 3.8) is 0 Å². The van der Waals surface area contributed by atoms with Crippen LogP contribution in [-0.4, -0.2) is 53.1 Å². The van der Waals surface area contributed by atoms with Crippen molar-refractivity contribution in [2.45, 2.75) is 84.6 Å². The van der Waals surface area contributed by atoms with E-state index in [1.165, 1.54) is 68.4 Å². The van der Waals surface area contributed by atoms with Gasteiger partial charge in [-0.25, -0.2) is 4.98 Å². The Morgan fingerprint density at radius 3 is 2.47 bits per heavy atom. The summed E-state index contributed by atoms with van der Waals surface area (Å²) >= 11 is 1.67. The maximum absolute atomic E-state index is 11.5. The molecule has 1 amide bonds. The second-order valence-corrected chi connectivity index (χ2v) is 9.11. The zero-order chi connectivity index (χ0) is 23.3. The molecule has 180 valence electrons. The molecule has 1 saturated carbocycles. The molecule has 0 spiro atoms. The number of rotatable bonds is 2. The maximum Gasteiger partial charge on any atom is 0.259 e. The summed E-state index contributed by atoms with van der Waals surface area (Å²) in [5, 5.41) is 0.833. The molecule has 32 heavy (non-hydrogen) atoms. The predicted molar refractivity (Wildman–Crippen MR) is 132 cm³/mol. The van der Waals surface area contributed by atoms with Gasteiger partial charge in [0.25, 0.3) is 5.56 Å². The third-order valence-electron chi connectivity index (χ3n) is 5.99. The normalized spacial score (nSPS) is 18.3. The first-order valence-electron chi connectivity index (χ1n) is 12.2. The largest absolute Gasteiger partial charge is 0.379 e. The van der Waals surface area contributed by atoms with Gasteiger partial charge in [0.05, 0.1) is 24.9 Å². The number of nitrogens with one attached hydrogen (secondary N) is 1. The van der Waals surface area contributed by atoms with Gasteiger partial charge in [0.15, 0.2) is 0 Å². The van der Waals surface area contributed by atoms with Crippen LogP contribution < -0.4 is 11.3 Å². The van der Waals surface area contributed by atoms with Gasteiger partial charge in [-0.3, -0.25) is 14.5 Å². The van der Waals surface area contributed by atoms with Gasteiger partial charge >= 0.3 is 0 Å². The van der Waals surface area contributed by atoms with Crippen LogP contribution in [0.3, 0.4) is 0 Å². The Morgan fingerprint density at radius 2 is 1.84 bits per heavy atom. The number of nitrogens with zero attached hydrogens (tertiary/aromatic N) is 2. The molecule has 1 aliphatic heterocycles. The van der Waals surface area contributed by atoms with Crippen LogP contribution in [0.25, 0.3) is 10.2 Å². The van der Waals surface area contributed by atoms with E-state index in [-0.39, 0.29) is 11.5 Å². The van der Waals surface area contributed by atoms with E-state index in [1.807, 2.05) is 13.8 Å². The summed E-state index contributed by atoms with van der Waals surface area (Å²) in [5.41, 5.74) is 5.92. The molecule has 0 atom stereocenters. The van der Waals surface area contributed by atoms with E-state index in [9.17, 15) is 9.59 Å². The monoisotopic (exact) mass is 464 g/mol. The molecule has 0 bridgehead atoms. The Labute approximate surface area is 195 Å². The fourth-order valence-electron chi connectivity index (χ4n) is 4.33. The van der Waals surface area contributed by atoms with Gasteiger partial charge in [0.2, 0.25) is 5.91 Å². The zero-order valence-corrected chi connectivity index (χ0v) is 20.8. The van der Waals surface area contributed by atoms with Crippen LogP contribution in [0, 0.1) is 0 Å². The van der Waals surface area contributed by atoms with E-state index in [1.54, 1.807) is 18.3 Å². The minimum atomic E-state index is -0.245. The molecule has 2 aromatic rings. The summed E-state index contributed by atoms with van der Waals surface area (Å²) in [4.78, 5) is 32.8. The molecule has 0 unspecified atom stereocenters. The van der Waals surface area contributed by atoms with Crippen molar-refractivity contribution in [1.29, 1.82) is 0 Å². The molecule has 5 rings (SSSR count). The number of nitrogens with two attached hydrogens (primary N) is 1. The fourth-order valence-corrected chi connectivity index (χ4v) is 5.56. The second kappa shape index (κ2) is 14.4. The molecule has 2 aromatic heterocycles. The zero-order valence-electron chi connectivity index (χ0n) is 20.0. The van der Waals surface area contributed by atoms with Gasteiger partial charge < -0.3 is 15.5 Å². The average molecular weight is 465 g/mol. The molecule has 3 heterocycles. The number of fused-ring (bicyclic) bond motifs is 3. The van der Waals surface area contributed by atoms with Gasteiger partial charge in [0, 0.05) is 30.4 Å². The molecular formula is C24H40N4O3S. The molecule has 7 nitrogen and oxygen atoms in total. The lowest BCUT2D eigenvalue weighted by atomic mass is 9.94. The summed E-state index contributed by atoms with van der Waals surface area (Å²) in [6.07, 6.45) is 12.5. The van der Waals surface area contributed by atoms with E-state index in [2.05, 4.69) is 20.6 Å². The van der Waals surface area contributed by atoms with E-state index in [0.717, 1.165) is 42.3 Å². The lowest BCUT2D eigenvalue weighted by Crippen LogP contribution is -2.44. The molecule has 3 aliphatic rings. The van der Waals surface area contributed by atoms with Crippen molar-refractivity contribution in [2.75, 3.05) is 26.3 Å². The van der Waals surface area contributed by atoms with E-state index in [0.29, 0.717) is 6.42 Å². The van der Waals surface area contributed by atoms with Crippen LogP contribution in [0.4, 0.5) is 0 Å². The van der Waals surface area contributed by atoms with Crippen LogP contribution >= 0.6 is 11.3 Å². The van der Waals surface area contributed by atoms with Gasteiger partial charge in [-0.05, 0) is 37.7 Å². The minimum absolute atomic E-state index is 0.0180. The Morgan fingerprint density at radius 1 is 1.19 bits per heavy atom. The van der Waals surface area contributed by atoms with E-state index in [4.69, 9.17) is 4.74 Å². The Balaban J connectivity index is 0.000000178. The van der Waals surface area contributed by atoms with Crippen LogP contribution in [0.1, 0.15) is 76.2 Å². The number of aromatic amines is 1. The Bertz CT molecular complexity index is 852. The molecule has 1 saturated heterocycles. The number of hydrogen-bond acceptors (Lipinski definition) is 6. The molecule has 0 radical (unpaired) electrons. The Hall–Kier alpha value is -1.77. The lowest BCUT2D eigenvalue weighted by molar-refractivity contribution is -0.117. The fraction of sp³-hybridized carbons (Fsp3) is 0.708. The number of carbonyl (C=O) groups excluding carboxylic acids is 1. The highest BCUT2D eigenvalue weighted by Gasteiger charge is 2.22. The summed E-state index contributed by atoms with van der Waals surface area (Å²) in [7, 11) is 0. The van der Waals surface area contributed by atoms with Crippen LogP contribution in [0.5, 0.6) is 0 Å². The van der Waals surface area contributed by atoms with E-state index >= 15 is 0 Å². The number of aromatic nitrogens is 2. The van der Waals surface area contributed by atoms with Crippen molar-refractivity contribution in [1.82, 2.24) is 14.9 Å². The third-order valence-corrected chi connectivity index (χ3v) is 7.19. The van der Waals surface area contributed by atoms with Gasteiger partial charge in [-0.2, -0.15) is 0 Å². The average Bonchev–Trinajstić information content (AvgIpc) is 3.44. The first kappa shape index (κ1) is 26.5. The molecule has 2 aliphatic carbocycles. The first-order chi connectivity index (χ1) is 15.6. The highest BCUT2D eigenvalue weighted by molar-refractivity contribution is 7.18. The molecule has 3 N–H and O–H groups in total. The highest BCUT2D eigenvalue weighted by Crippen LogP contribution is 2.34.